The molecule has 0 spiro atoms. The van der Waals surface area contributed by atoms with Gasteiger partial charge in [0.15, 0.2) is 0 Å². The maximum atomic E-state index is 11.4. The lowest BCUT2D eigenvalue weighted by atomic mass is 9.97. The standard InChI is InChI=1S/C14H16N2O2/c17-12-5-3-4-11(10-12)15-16-8-9-18-14-7-2-1-6-13(14)16/h1-2,6-7H,3-5,8-10H2/b15-11-. The molecule has 0 amide bonds. The second-order valence-corrected chi connectivity index (χ2v) is 4.67. The Labute approximate surface area is 106 Å². The van der Waals surface area contributed by atoms with Crippen molar-refractivity contribution in [2.45, 2.75) is 25.7 Å². The van der Waals surface area contributed by atoms with Gasteiger partial charge in [0.1, 0.15) is 23.8 Å². The highest BCUT2D eigenvalue weighted by Gasteiger charge is 2.20. The minimum Gasteiger partial charge on any atom is -0.489 e. The van der Waals surface area contributed by atoms with Crippen LogP contribution in [0.3, 0.4) is 0 Å². The van der Waals surface area contributed by atoms with Crippen LogP contribution in [-0.2, 0) is 4.79 Å². The fourth-order valence-electron chi connectivity index (χ4n) is 2.41. The minimum atomic E-state index is 0.307. The number of hydrogen-bond acceptors (Lipinski definition) is 4. The van der Waals surface area contributed by atoms with E-state index in [1.54, 1.807) is 0 Å². The van der Waals surface area contributed by atoms with Gasteiger partial charge in [-0.1, -0.05) is 12.1 Å². The second kappa shape index (κ2) is 4.80. The summed E-state index contributed by atoms with van der Waals surface area (Å²) in [7, 11) is 0. The fraction of sp³-hybridized carbons (Fsp3) is 0.429. The quantitative estimate of drug-likeness (QED) is 0.761. The van der Waals surface area contributed by atoms with Gasteiger partial charge in [-0.2, -0.15) is 5.10 Å². The number of hydrazone groups is 1. The molecule has 0 bridgehead atoms. The molecule has 0 radical (unpaired) electrons. The molecule has 18 heavy (non-hydrogen) atoms. The van der Waals surface area contributed by atoms with E-state index in [-0.39, 0.29) is 0 Å². The molecule has 0 aromatic heterocycles. The van der Waals surface area contributed by atoms with E-state index in [2.05, 4.69) is 5.10 Å². The third-order valence-electron chi connectivity index (χ3n) is 3.29. The third kappa shape index (κ3) is 2.23. The zero-order chi connectivity index (χ0) is 12.4. The number of nitrogens with zero attached hydrogens (tertiary/aromatic N) is 2. The first-order chi connectivity index (χ1) is 8.83. The van der Waals surface area contributed by atoms with E-state index in [1.807, 2.05) is 29.3 Å². The summed E-state index contributed by atoms with van der Waals surface area (Å²) in [5.41, 5.74) is 2.00. The van der Waals surface area contributed by atoms with E-state index in [9.17, 15) is 4.79 Å². The summed E-state index contributed by atoms with van der Waals surface area (Å²) in [5, 5.41) is 6.60. The molecule has 1 aliphatic carbocycles. The molecule has 0 saturated heterocycles. The Hall–Kier alpha value is -1.84. The average Bonchev–Trinajstić information content (AvgIpc) is 2.39. The van der Waals surface area contributed by atoms with Crippen LogP contribution in [-0.4, -0.2) is 24.6 Å². The molecule has 0 N–H and O–H groups in total. The Bertz CT molecular complexity index is 496. The maximum absolute atomic E-state index is 11.4. The van der Waals surface area contributed by atoms with Crippen LogP contribution in [0.5, 0.6) is 5.75 Å². The summed E-state index contributed by atoms with van der Waals surface area (Å²) in [6, 6.07) is 7.89. The molecule has 1 aromatic carbocycles. The van der Waals surface area contributed by atoms with Crippen LogP contribution in [0, 0.1) is 0 Å². The van der Waals surface area contributed by atoms with E-state index >= 15 is 0 Å². The summed E-state index contributed by atoms with van der Waals surface area (Å²) in [6.45, 7) is 1.39. The van der Waals surface area contributed by atoms with Crippen molar-refractivity contribution in [3.63, 3.8) is 0 Å². The molecule has 1 heterocycles. The van der Waals surface area contributed by atoms with Crippen LogP contribution >= 0.6 is 0 Å². The van der Waals surface area contributed by atoms with E-state index in [1.165, 1.54) is 0 Å². The van der Waals surface area contributed by atoms with Gasteiger partial charge in [0.25, 0.3) is 0 Å². The van der Waals surface area contributed by atoms with E-state index < -0.39 is 0 Å². The summed E-state index contributed by atoms with van der Waals surface area (Å²) in [4.78, 5) is 11.4. The lowest BCUT2D eigenvalue weighted by Crippen LogP contribution is -2.30. The number of carbonyl (C=O) groups excluding carboxylic acids is 1. The normalized spacial score (nSPS) is 21.7. The van der Waals surface area contributed by atoms with E-state index in [0.717, 1.165) is 36.5 Å². The number of ketones is 1. The van der Waals surface area contributed by atoms with E-state index in [0.29, 0.717) is 25.2 Å². The Balaban J connectivity index is 1.85. The predicted molar refractivity (Wildman–Crippen MR) is 70.2 cm³/mol. The van der Waals surface area contributed by atoms with Crippen molar-refractivity contribution >= 4 is 17.2 Å². The maximum Gasteiger partial charge on any atom is 0.144 e. The predicted octanol–water partition coefficient (Wildman–Crippen LogP) is 2.38. The van der Waals surface area contributed by atoms with Crippen LogP contribution in [0.2, 0.25) is 0 Å². The molecule has 2 aliphatic rings. The number of ether oxygens (including phenoxy) is 1. The first-order valence-corrected chi connectivity index (χ1v) is 6.40. The van der Waals surface area contributed by atoms with Gasteiger partial charge in [0.2, 0.25) is 0 Å². The van der Waals surface area contributed by atoms with Gasteiger partial charge in [0.05, 0.1) is 6.54 Å². The molecule has 1 aliphatic heterocycles. The molecule has 1 saturated carbocycles. The number of benzene rings is 1. The highest BCUT2D eigenvalue weighted by Crippen LogP contribution is 2.31. The summed E-state index contributed by atoms with van der Waals surface area (Å²) in [5.74, 6) is 1.18. The number of anilines is 1. The van der Waals surface area contributed by atoms with Crippen LogP contribution in [0.15, 0.2) is 29.4 Å². The molecule has 94 valence electrons. The zero-order valence-electron chi connectivity index (χ0n) is 10.3. The summed E-state index contributed by atoms with van der Waals surface area (Å²) in [6.07, 6.45) is 3.09. The Morgan fingerprint density at radius 1 is 1.22 bits per heavy atom. The van der Waals surface area contributed by atoms with Crippen molar-refractivity contribution in [2.75, 3.05) is 18.2 Å². The molecule has 0 unspecified atom stereocenters. The van der Waals surface area contributed by atoms with Crippen molar-refractivity contribution in [3.05, 3.63) is 24.3 Å². The van der Waals surface area contributed by atoms with Crippen LogP contribution in [0.25, 0.3) is 0 Å². The molecule has 0 atom stereocenters. The van der Waals surface area contributed by atoms with Crippen LogP contribution in [0.1, 0.15) is 25.7 Å². The highest BCUT2D eigenvalue weighted by atomic mass is 16.5. The van der Waals surface area contributed by atoms with Gasteiger partial charge < -0.3 is 4.74 Å². The van der Waals surface area contributed by atoms with Crippen LogP contribution < -0.4 is 9.75 Å². The topological polar surface area (TPSA) is 41.9 Å². The zero-order valence-corrected chi connectivity index (χ0v) is 10.3. The molecule has 4 nitrogen and oxygen atoms in total. The summed E-state index contributed by atoms with van der Waals surface area (Å²) >= 11 is 0. The Morgan fingerprint density at radius 3 is 3.00 bits per heavy atom. The lowest BCUT2D eigenvalue weighted by molar-refractivity contribution is -0.118. The monoisotopic (exact) mass is 244 g/mol. The number of para-hydroxylation sites is 2. The number of Topliss-reactive ketones (excluding diaryl/α,β-unsaturated/α-hetero) is 1. The van der Waals surface area contributed by atoms with Crippen molar-refractivity contribution in [1.29, 1.82) is 0 Å². The van der Waals surface area contributed by atoms with Gasteiger partial charge in [0, 0.05) is 18.6 Å². The van der Waals surface area contributed by atoms with Crippen molar-refractivity contribution in [3.8, 4) is 5.75 Å². The van der Waals surface area contributed by atoms with E-state index in [4.69, 9.17) is 4.74 Å². The average molecular weight is 244 g/mol. The van der Waals surface area contributed by atoms with Gasteiger partial charge in [-0.25, -0.2) is 0 Å². The molecule has 3 rings (SSSR count). The van der Waals surface area contributed by atoms with Crippen LogP contribution in [0.4, 0.5) is 5.69 Å². The molecular formula is C14H16N2O2. The SMILES string of the molecule is O=C1CCC/C(=N/N2CCOc3ccccc32)C1. The lowest BCUT2D eigenvalue weighted by Gasteiger charge is -2.28. The molecular weight excluding hydrogens is 228 g/mol. The largest absolute Gasteiger partial charge is 0.489 e. The van der Waals surface area contributed by atoms with Gasteiger partial charge in [-0.3, -0.25) is 9.80 Å². The molecule has 1 fully saturated rings. The Kier molecular flexibility index (Phi) is 3.00. The minimum absolute atomic E-state index is 0.307. The van der Waals surface area contributed by atoms with Crippen molar-refractivity contribution in [1.82, 2.24) is 0 Å². The number of rotatable bonds is 1. The van der Waals surface area contributed by atoms with Gasteiger partial charge >= 0.3 is 0 Å². The number of carbonyl (C=O) groups is 1. The van der Waals surface area contributed by atoms with Crippen molar-refractivity contribution < 1.29 is 9.53 Å². The van der Waals surface area contributed by atoms with Gasteiger partial charge in [-0.15, -0.1) is 0 Å². The first-order valence-electron chi connectivity index (χ1n) is 6.40. The first kappa shape index (κ1) is 11.3. The number of fused-ring (bicyclic) bond motifs is 1. The molecule has 1 aromatic rings. The smallest absolute Gasteiger partial charge is 0.144 e. The van der Waals surface area contributed by atoms with Gasteiger partial charge in [-0.05, 0) is 25.0 Å². The third-order valence-corrected chi connectivity index (χ3v) is 3.29. The van der Waals surface area contributed by atoms with Crippen molar-refractivity contribution in [2.24, 2.45) is 5.10 Å². The second-order valence-electron chi connectivity index (χ2n) is 4.67. The fourth-order valence-corrected chi connectivity index (χ4v) is 2.41. The Morgan fingerprint density at radius 2 is 2.11 bits per heavy atom. The highest BCUT2D eigenvalue weighted by molar-refractivity contribution is 6.04. The summed E-state index contributed by atoms with van der Waals surface area (Å²) < 4.78 is 5.59. The number of hydrogen-bond donors (Lipinski definition) is 0. The molecule has 4 heteroatoms.